The number of carboxylic acids is 1. The Morgan fingerprint density at radius 3 is 2.50 bits per heavy atom. The highest BCUT2D eigenvalue weighted by Crippen LogP contribution is 2.78. The quantitative estimate of drug-likeness (QED) is 0.575. The molecule has 4 fully saturated rings. The van der Waals surface area contributed by atoms with Gasteiger partial charge in [-0.3, -0.25) is 4.79 Å². The van der Waals surface area contributed by atoms with E-state index in [-0.39, 0.29) is 11.3 Å². The van der Waals surface area contributed by atoms with Gasteiger partial charge in [-0.2, -0.15) is 0 Å². The Hall–Kier alpha value is -0.790. The van der Waals surface area contributed by atoms with E-state index in [0.717, 1.165) is 24.2 Å². The van der Waals surface area contributed by atoms with Gasteiger partial charge in [-0.1, -0.05) is 45.3 Å². The lowest BCUT2D eigenvalue weighted by Gasteiger charge is -2.55. The first-order valence-electron chi connectivity index (χ1n) is 10.4. The van der Waals surface area contributed by atoms with Crippen molar-refractivity contribution in [2.75, 3.05) is 0 Å². The van der Waals surface area contributed by atoms with Crippen molar-refractivity contribution in [2.24, 2.45) is 52.3 Å². The molecule has 2 nitrogen and oxygen atoms in total. The summed E-state index contributed by atoms with van der Waals surface area (Å²) in [5, 5.41) is 9.90. The van der Waals surface area contributed by atoms with Crippen LogP contribution in [0.4, 0.5) is 0 Å². The van der Waals surface area contributed by atoms with Gasteiger partial charge in [-0.15, -0.1) is 0 Å². The van der Waals surface area contributed by atoms with Crippen LogP contribution in [0.5, 0.6) is 0 Å². The SMILES string of the molecule is CC(C)(C1CCCCC1)C12CC(C(=O)O)C(C1)C1C3C=CC(C3)C12. The van der Waals surface area contributed by atoms with Crippen molar-refractivity contribution >= 4 is 5.97 Å². The summed E-state index contributed by atoms with van der Waals surface area (Å²) >= 11 is 0. The molecule has 5 rings (SSSR count). The summed E-state index contributed by atoms with van der Waals surface area (Å²) in [5.74, 6) is 3.59. The van der Waals surface area contributed by atoms with Crippen LogP contribution >= 0.6 is 0 Å². The summed E-state index contributed by atoms with van der Waals surface area (Å²) in [6.07, 6.45) is 15.4. The molecule has 0 aromatic rings. The maximum atomic E-state index is 12.0. The van der Waals surface area contributed by atoms with Crippen LogP contribution in [0.1, 0.15) is 65.2 Å². The molecule has 4 saturated carbocycles. The van der Waals surface area contributed by atoms with Crippen LogP contribution in [0.2, 0.25) is 0 Å². The summed E-state index contributed by atoms with van der Waals surface area (Å²) in [6.45, 7) is 5.06. The van der Waals surface area contributed by atoms with E-state index in [0.29, 0.717) is 23.2 Å². The number of hydrogen-bond donors (Lipinski definition) is 1. The van der Waals surface area contributed by atoms with Gasteiger partial charge in [0.15, 0.2) is 0 Å². The van der Waals surface area contributed by atoms with Gasteiger partial charge in [0.2, 0.25) is 0 Å². The third-order valence-corrected chi connectivity index (χ3v) is 9.58. The summed E-state index contributed by atoms with van der Waals surface area (Å²) in [5.41, 5.74) is 0.588. The molecule has 5 aliphatic rings. The zero-order valence-corrected chi connectivity index (χ0v) is 15.2. The van der Waals surface area contributed by atoms with Crippen LogP contribution in [0, 0.1) is 52.3 Å². The molecule has 0 amide bonds. The molecule has 0 heterocycles. The summed E-state index contributed by atoms with van der Waals surface area (Å²) in [7, 11) is 0. The highest BCUT2D eigenvalue weighted by molar-refractivity contribution is 5.71. The van der Waals surface area contributed by atoms with E-state index in [4.69, 9.17) is 0 Å². The Bertz CT molecular complexity index is 585. The van der Waals surface area contributed by atoms with Gasteiger partial charge in [0, 0.05) is 0 Å². The van der Waals surface area contributed by atoms with E-state index >= 15 is 0 Å². The normalized spacial score (nSPS) is 49.8. The number of hydrogen-bond acceptors (Lipinski definition) is 1. The topological polar surface area (TPSA) is 37.3 Å². The van der Waals surface area contributed by atoms with E-state index in [1.54, 1.807) is 0 Å². The molecule has 0 radical (unpaired) electrons. The average Bonchev–Trinajstić information content (AvgIpc) is 3.33. The minimum Gasteiger partial charge on any atom is -0.481 e. The standard InChI is InChI=1S/C22H32O2/c1-21(2,15-6-4-3-5-7-15)22-11-16(17(12-22)20(23)24)18-13-8-9-14(10-13)19(18)22/h8-9,13-19H,3-7,10-12H2,1-2H3,(H,23,24). The van der Waals surface area contributed by atoms with E-state index in [1.165, 1.54) is 44.9 Å². The fourth-order valence-electron chi connectivity index (χ4n) is 8.55. The zero-order valence-electron chi connectivity index (χ0n) is 15.2. The third-order valence-electron chi connectivity index (χ3n) is 9.58. The molecule has 24 heavy (non-hydrogen) atoms. The van der Waals surface area contributed by atoms with Crippen molar-refractivity contribution in [3.63, 3.8) is 0 Å². The van der Waals surface area contributed by atoms with E-state index in [1.807, 2.05) is 0 Å². The molecule has 132 valence electrons. The summed E-state index contributed by atoms with van der Waals surface area (Å²) in [6, 6.07) is 0. The maximum Gasteiger partial charge on any atom is 0.306 e. The fraction of sp³-hybridized carbons (Fsp3) is 0.864. The summed E-state index contributed by atoms with van der Waals surface area (Å²) in [4.78, 5) is 12.0. The van der Waals surface area contributed by atoms with Crippen molar-refractivity contribution in [1.29, 1.82) is 0 Å². The Morgan fingerprint density at radius 1 is 1.08 bits per heavy atom. The predicted octanol–water partition coefficient (Wildman–Crippen LogP) is 5.14. The Kier molecular flexibility index (Phi) is 3.15. The van der Waals surface area contributed by atoms with Crippen molar-refractivity contribution < 1.29 is 9.90 Å². The molecule has 0 spiro atoms. The molecular weight excluding hydrogens is 296 g/mol. The van der Waals surface area contributed by atoms with Crippen molar-refractivity contribution in [3.05, 3.63) is 12.2 Å². The fourth-order valence-corrected chi connectivity index (χ4v) is 8.55. The van der Waals surface area contributed by atoms with Gasteiger partial charge in [-0.05, 0) is 78.4 Å². The van der Waals surface area contributed by atoms with Crippen LogP contribution in [0.3, 0.4) is 0 Å². The second kappa shape index (κ2) is 4.89. The van der Waals surface area contributed by atoms with Crippen LogP contribution in [-0.4, -0.2) is 11.1 Å². The molecule has 0 aromatic heterocycles. The Morgan fingerprint density at radius 2 is 1.79 bits per heavy atom. The monoisotopic (exact) mass is 328 g/mol. The number of rotatable bonds is 3. The highest BCUT2D eigenvalue weighted by atomic mass is 16.4. The maximum absolute atomic E-state index is 12.0. The minimum absolute atomic E-state index is 0.0677. The lowest BCUT2D eigenvalue weighted by atomic mass is 9.49. The van der Waals surface area contributed by atoms with E-state index in [9.17, 15) is 9.90 Å². The van der Waals surface area contributed by atoms with Crippen LogP contribution < -0.4 is 0 Å². The number of carbonyl (C=O) groups is 1. The number of allylic oxidation sites excluding steroid dienone is 2. The van der Waals surface area contributed by atoms with Gasteiger partial charge in [-0.25, -0.2) is 0 Å². The van der Waals surface area contributed by atoms with Crippen molar-refractivity contribution in [1.82, 2.24) is 0 Å². The van der Waals surface area contributed by atoms with Crippen LogP contribution in [0.15, 0.2) is 12.2 Å². The van der Waals surface area contributed by atoms with Crippen LogP contribution in [-0.2, 0) is 4.79 Å². The van der Waals surface area contributed by atoms with E-state index in [2.05, 4.69) is 26.0 Å². The highest BCUT2D eigenvalue weighted by Gasteiger charge is 2.73. The van der Waals surface area contributed by atoms with Crippen molar-refractivity contribution in [3.8, 4) is 0 Å². The van der Waals surface area contributed by atoms with Crippen molar-refractivity contribution in [2.45, 2.75) is 65.2 Å². The lowest BCUT2D eigenvalue weighted by molar-refractivity contribution is -0.148. The third kappa shape index (κ3) is 1.71. The van der Waals surface area contributed by atoms with Gasteiger partial charge in [0.25, 0.3) is 0 Å². The zero-order chi connectivity index (χ0) is 16.7. The smallest absolute Gasteiger partial charge is 0.306 e. The molecule has 7 unspecified atom stereocenters. The Balaban J connectivity index is 1.57. The van der Waals surface area contributed by atoms with Gasteiger partial charge >= 0.3 is 5.97 Å². The minimum atomic E-state index is -0.508. The first kappa shape index (κ1) is 15.5. The Labute approximate surface area is 146 Å². The molecule has 0 aliphatic heterocycles. The first-order valence-corrected chi connectivity index (χ1v) is 10.4. The van der Waals surface area contributed by atoms with E-state index < -0.39 is 5.97 Å². The molecule has 7 atom stereocenters. The lowest BCUT2D eigenvalue weighted by Crippen LogP contribution is -2.50. The van der Waals surface area contributed by atoms with Gasteiger partial charge in [0.05, 0.1) is 5.92 Å². The molecule has 4 bridgehead atoms. The van der Waals surface area contributed by atoms with Crippen LogP contribution in [0.25, 0.3) is 0 Å². The van der Waals surface area contributed by atoms with Gasteiger partial charge < -0.3 is 5.11 Å². The number of fused-ring (bicyclic) bond motifs is 9. The molecule has 5 aliphatic carbocycles. The second-order valence-corrected chi connectivity index (χ2v) is 10.3. The molecule has 1 N–H and O–H groups in total. The molecule has 2 heteroatoms. The largest absolute Gasteiger partial charge is 0.481 e. The first-order chi connectivity index (χ1) is 11.5. The number of carboxylic acid groups (broad SMARTS) is 1. The summed E-state index contributed by atoms with van der Waals surface area (Å²) < 4.78 is 0. The molecule has 0 aromatic carbocycles. The average molecular weight is 328 g/mol. The van der Waals surface area contributed by atoms with Gasteiger partial charge in [0.1, 0.15) is 0 Å². The number of aliphatic carboxylic acids is 1. The molecule has 0 saturated heterocycles. The molecular formula is C22H32O2. The predicted molar refractivity (Wildman–Crippen MR) is 94.4 cm³/mol. The second-order valence-electron chi connectivity index (χ2n) is 10.3.